The van der Waals surface area contributed by atoms with Gasteiger partial charge in [-0.05, 0) is 36.0 Å². The summed E-state index contributed by atoms with van der Waals surface area (Å²) in [7, 11) is -3.56. The maximum atomic E-state index is 12.2. The van der Waals surface area contributed by atoms with Crippen LogP contribution in [0.3, 0.4) is 0 Å². The zero-order valence-electron chi connectivity index (χ0n) is 12.4. The maximum Gasteiger partial charge on any atom is 0.240 e. The molecular weight excluding hydrogens is 272 g/mol. The van der Waals surface area contributed by atoms with E-state index in [9.17, 15) is 8.42 Å². The lowest BCUT2D eigenvalue weighted by Crippen LogP contribution is -2.34. The molecule has 0 spiro atoms. The zero-order valence-corrected chi connectivity index (χ0v) is 13.2. The molecule has 0 aliphatic heterocycles. The van der Waals surface area contributed by atoms with Gasteiger partial charge in [-0.1, -0.05) is 33.8 Å². The van der Waals surface area contributed by atoms with Crippen LogP contribution < -0.4 is 4.72 Å². The zero-order chi connectivity index (χ0) is 15.3. The second-order valence-corrected chi connectivity index (χ2v) is 7.41. The van der Waals surface area contributed by atoms with Crippen molar-refractivity contribution in [3.8, 4) is 6.07 Å². The Kier molecular flexibility index (Phi) is 5.73. The lowest BCUT2D eigenvalue weighted by molar-refractivity contribution is 0.289. The highest BCUT2D eigenvalue weighted by Gasteiger charge is 2.21. The van der Waals surface area contributed by atoms with Gasteiger partial charge in [-0.2, -0.15) is 5.26 Å². The molecule has 0 unspecified atom stereocenters. The molecule has 0 amide bonds. The number of nitriles is 1. The van der Waals surface area contributed by atoms with Crippen molar-refractivity contribution in [1.29, 1.82) is 5.26 Å². The predicted octanol–water partition coefficient (Wildman–Crippen LogP) is 2.76. The van der Waals surface area contributed by atoms with E-state index in [0.29, 0.717) is 23.9 Å². The Morgan fingerprint density at radius 3 is 2.30 bits per heavy atom. The fourth-order valence-electron chi connectivity index (χ4n) is 2.26. The van der Waals surface area contributed by atoms with Gasteiger partial charge in [0, 0.05) is 6.54 Å². The standard InChI is InChI=1S/C15H22N2O2S/c1-11(2)15(12(3)4)10-17-20(18,19)14-7-5-6-13(8-14)9-16/h5-8,11-12,15,17H,10H2,1-4H3. The van der Waals surface area contributed by atoms with Crippen LogP contribution in [0.5, 0.6) is 0 Å². The molecule has 4 nitrogen and oxygen atoms in total. The Morgan fingerprint density at radius 1 is 1.20 bits per heavy atom. The van der Waals surface area contributed by atoms with Gasteiger partial charge in [-0.3, -0.25) is 0 Å². The summed E-state index contributed by atoms with van der Waals surface area (Å²) in [6, 6.07) is 8.01. The molecule has 1 aromatic rings. The molecule has 0 aliphatic rings. The van der Waals surface area contributed by atoms with Crippen LogP contribution in [0.25, 0.3) is 0 Å². The number of nitrogens with one attached hydrogen (secondary N) is 1. The normalized spacial score (nSPS) is 12.1. The summed E-state index contributed by atoms with van der Waals surface area (Å²) in [6.45, 7) is 8.78. The molecule has 5 heteroatoms. The van der Waals surface area contributed by atoms with Crippen molar-refractivity contribution in [2.24, 2.45) is 17.8 Å². The van der Waals surface area contributed by atoms with Crippen LogP contribution in [0.15, 0.2) is 29.2 Å². The van der Waals surface area contributed by atoms with Gasteiger partial charge in [0.1, 0.15) is 0 Å². The summed E-state index contributed by atoms with van der Waals surface area (Å²) in [5.74, 6) is 1.09. The van der Waals surface area contributed by atoms with Crippen molar-refractivity contribution in [1.82, 2.24) is 4.72 Å². The number of hydrogen-bond acceptors (Lipinski definition) is 3. The van der Waals surface area contributed by atoms with Crippen molar-refractivity contribution in [2.45, 2.75) is 32.6 Å². The molecule has 0 aromatic heterocycles. The molecule has 0 heterocycles. The van der Waals surface area contributed by atoms with Gasteiger partial charge in [0.25, 0.3) is 0 Å². The van der Waals surface area contributed by atoms with E-state index >= 15 is 0 Å². The first-order valence-corrected chi connectivity index (χ1v) is 8.26. The molecule has 0 fully saturated rings. The molecule has 0 atom stereocenters. The lowest BCUT2D eigenvalue weighted by atomic mass is 9.86. The first-order chi connectivity index (χ1) is 9.27. The van der Waals surface area contributed by atoms with Gasteiger partial charge in [-0.25, -0.2) is 13.1 Å². The third-order valence-corrected chi connectivity index (χ3v) is 4.92. The summed E-state index contributed by atoms with van der Waals surface area (Å²) < 4.78 is 27.1. The number of benzene rings is 1. The largest absolute Gasteiger partial charge is 0.240 e. The van der Waals surface area contributed by atoms with E-state index in [0.717, 1.165) is 0 Å². The van der Waals surface area contributed by atoms with E-state index < -0.39 is 10.0 Å². The molecule has 0 bridgehead atoms. The van der Waals surface area contributed by atoms with Crippen LogP contribution in [0, 0.1) is 29.1 Å². The average Bonchev–Trinajstić information content (AvgIpc) is 2.38. The van der Waals surface area contributed by atoms with Crippen molar-refractivity contribution < 1.29 is 8.42 Å². The third-order valence-electron chi connectivity index (χ3n) is 3.50. The minimum Gasteiger partial charge on any atom is -0.211 e. The summed E-state index contributed by atoms with van der Waals surface area (Å²) in [5, 5.41) is 8.83. The van der Waals surface area contributed by atoms with Crippen LogP contribution in [-0.2, 0) is 10.0 Å². The Balaban J connectivity index is 2.87. The first-order valence-electron chi connectivity index (χ1n) is 6.77. The van der Waals surface area contributed by atoms with Gasteiger partial charge in [0.05, 0.1) is 16.5 Å². The van der Waals surface area contributed by atoms with E-state index in [-0.39, 0.29) is 10.8 Å². The second kappa shape index (κ2) is 6.87. The van der Waals surface area contributed by atoms with Gasteiger partial charge >= 0.3 is 0 Å². The SMILES string of the molecule is CC(C)C(CNS(=O)(=O)c1cccc(C#N)c1)C(C)C. The molecule has 1 N–H and O–H groups in total. The fraction of sp³-hybridized carbons (Fsp3) is 0.533. The molecule has 110 valence electrons. The third kappa shape index (κ3) is 4.32. The van der Waals surface area contributed by atoms with E-state index in [1.807, 2.05) is 6.07 Å². The predicted molar refractivity (Wildman–Crippen MR) is 79.5 cm³/mol. The van der Waals surface area contributed by atoms with E-state index in [1.54, 1.807) is 12.1 Å². The number of hydrogen-bond donors (Lipinski definition) is 1. The Labute approximate surface area is 121 Å². The van der Waals surface area contributed by atoms with Gasteiger partial charge < -0.3 is 0 Å². The van der Waals surface area contributed by atoms with E-state index in [2.05, 4.69) is 32.4 Å². The Hall–Kier alpha value is -1.38. The molecule has 0 aliphatic carbocycles. The number of sulfonamides is 1. The maximum absolute atomic E-state index is 12.2. The fourth-order valence-corrected chi connectivity index (χ4v) is 3.38. The van der Waals surface area contributed by atoms with E-state index in [4.69, 9.17) is 5.26 Å². The average molecular weight is 294 g/mol. The number of rotatable bonds is 6. The molecule has 0 radical (unpaired) electrons. The molecule has 1 rings (SSSR count). The highest BCUT2D eigenvalue weighted by Crippen LogP contribution is 2.20. The van der Waals surface area contributed by atoms with Gasteiger partial charge in [0.15, 0.2) is 0 Å². The van der Waals surface area contributed by atoms with Gasteiger partial charge in [0.2, 0.25) is 10.0 Å². The van der Waals surface area contributed by atoms with Crippen LogP contribution >= 0.6 is 0 Å². The van der Waals surface area contributed by atoms with Gasteiger partial charge in [-0.15, -0.1) is 0 Å². The minimum atomic E-state index is -3.56. The molecule has 0 saturated carbocycles. The quantitative estimate of drug-likeness (QED) is 0.877. The summed E-state index contributed by atoms with van der Waals surface area (Å²) >= 11 is 0. The van der Waals surface area contributed by atoms with Crippen molar-refractivity contribution in [3.05, 3.63) is 29.8 Å². The summed E-state index contributed by atoms with van der Waals surface area (Å²) in [5.41, 5.74) is 0.345. The first kappa shape index (κ1) is 16.7. The van der Waals surface area contributed by atoms with Crippen molar-refractivity contribution >= 4 is 10.0 Å². The Morgan fingerprint density at radius 2 is 1.80 bits per heavy atom. The van der Waals surface area contributed by atoms with Crippen molar-refractivity contribution in [3.63, 3.8) is 0 Å². The topological polar surface area (TPSA) is 70.0 Å². The summed E-state index contributed by atoms with van der Waals surface area (Å²) in [4.78, 5) is 0.141. The van der Waals surface area contributed by atoms with Crippen LogP contribution in [0.2, 0.25) is 0 Å². The highest BCUT2D eigenvalue weighted by molar-refractivity contribution is 7.89. The van der Waals surface area contributed by atoms with Crippen molar-refractivity contribution in [2.75, 3.05) is 6.54 Å². The monoisotopic (exact) mass is 294 g/mol. The molecule has 1 aromatic carbocycles. The van der Waals surface area contributed by atoms with Crippen LogP contribution in [0.1, 0.15) is 33.3 Å². The van der Waals surface area contributed by atoms with E-state index in [1.165, 1.54) is 12.1 Å². The second-order valence-electron chi connectivity index (χ2n) is 5.64. The molecule has 20 heavy (non-hydrogen) atoms. The highest BCUT2D eigenvalue weighted by atomic mass is 32.2. The number of nitrogens with zero attached hydrogens (tertiary/aromatic N) is 1. The Bertz CT molecular complexity index is 578. The minimum absolute atomic E-state index is 0.141. The lowest BCUT2D eigenvalue weighted by Gasteiger charge is -2.25. The molecular formula is C15H22N2O2S. The van der Waals surface area contributed by atoms with Crippen LogP contribution in [-0.4, -0.2) is 15.0 Å². The van der Waals surface area contributed by atoms with Crippen LogP contribution in [0.4, 0.5) is 0 Å². The summed E-state index contributed by atoms with van der Waals surface area (Å²) in [6.07, 6.45) is 0. The smallest absolute Gasteiger partial charge is 0.211 e. The molecule has 0 saturated heterocycles.